The van der Waals surface area contributed by atoms with Crippen LogP contribution < -0.4 is 0 Å². The van der Waals surface area contributed by atoms with E-state index in [1.54, 1.807) is 0 Å². The molecule has 40 heavy (non-hydrogen) atoms. The van der Waals surface area contributed by atoms with Crippen LogP contribution in [0.3, 0.4) is 0 Å². The predicted molar refractivity (Wildman–Crippen MR) is 156 cm³/mol. The van der Waals surface area contributed by atoms with Crippen molar-refractivity contribution in [1.82, 2.24) is 4.98 Å². The Bertz CT molecular complexity index is 1160. The fourth-order valence-corrected chi connectivity index (χ4v) is 11.9. The highest BCUT2D eigenvalue weighted by Crippen LogP contribution is 2.69. The summed E-state index contributed by atoms with van der Waals surface area (Å²) in [7, 11) is -3.62. The van der Waals surface area contributed by atoms with Crippen LogP contribution in [0.2, 0.25) is 0 Å². The van der Waals surface area contributed by atoms with Gasteiger partial charge in [-0.15, -0.1) is 0 Å². The third kappa shape index (κ3) is 5.21. The molecule has 7 heteroatoms. The predicted octanol–water partition coefficient (Wildman–Crippen LogP) is 5.86. The minimum Gasteiger partial charge on any atom is -0.393 e. The number of aliphatic hydroxyl groups is 2. The number of pyridine rings is 1. The Balaban J connectivity index is 1.22. The maximum atomic E-state index is 12.6. The first kappa shape index (κ1) is 30.2. The Kier molecular flexibility index (Phi) is 8.60. The number of rotatable bonds is 9. The molecule has 5 rings (SSSR count). The number of sulfone groups is 1. The first-order chi connectivity index (χ1) is 18.9. The number of carbonyl (C=O) groups is 1. The van der Waals surface area contributed by atoms with Crippen molar-refractivity contribution < 1.29 is 23.4 Å². The van der Waals surface area contributed by atoms with Crippen LogP contribution in [0.15, 0.2) is 29.4 Å². The summed E-state index contributed by atoms with van der Waals surface area (Å²) in [6, 6.07) is 2.89. The molecule has 0 unspecified atom stereocenters. The first-order valence-corrected chi connectivity index (χ1v) is 17.6. The lowest BCUT2D eigenvalue weighted by atomic mass is 9.41. The number of Topliss-reactive ketones (excluding diaryl/α,β-unsaturated/α-hetero) is 1. The van der Waals surface area contributed by atoms with Gasteiger partial charge in [0.15, 0.2) is 9.84 Å². The van der Waals surface area contributed by atoms with Gasteiger partial charge in [-0.05, 0) is 116 Å². The molecule has 1 aromatic rings. The van der Waals surface area contributed by atoms with Crippen molar-refractivity contribution in [3.63, 3.8) is 0 Å². The van der Waals surface area contributed by atoms with Crippen LogP contribution in [-0.2, 0) is 14.6 Å². The van der Waals surface area contributed by atoms with E-state index < -0.39 is 15.6 Å². The fourth-order valence-electron chi connectivity index (χ4n) is 10.7. The fraction of sp³-hybridized carbons (Fsp3) is 0.818. The van der Waals surface area contributed by atoms with Gasteiger partial charge in [-0.3, -0.25) is 9.78 Å². The summed E-state index contributed by atoms with van der Waals surface area (Å²) in [5, 5.41) is 22.4. The Morgan fingerprint density at radius 2 is 1.70 bits per heavy atom. The summed E-state index contributed by atoms with van der Waals surface area (Å²) in [6.45, 7) is 9.52. The highest BCUT2D eigenvalue weighted by Gasteiger charge is 2.64. The Hall–Kier alpha value is -1.31. The number of aromatic nitrogens is 1. The summed E-state index contributed by atoms with van der Waals surface area (Å²) >= 11 is 0. The standard InChI is InChI=1S/C33H51NO5S/c1-5-25-29-19-22(35)11-15-33(29,4)28-12-16-32(3)26(9-10-27(32)30(28)31(25)37)21(2)7-6-8-23(36)20-40(38,39)24-13-17-34-18-14-24/h13-14,17-18,21-22,25-31,35,37H,5-12,15-16,19-20H2,1-4H3/t21-,22-,25-,26-,27+,28+,29+,30+,31-,32-,33-/m1/s1. The smallest absolute Gasteiger partial charge is 0.185 e. The highest BCUT2D eigenvalue weighted by atomic mass is 32.2. The van der Waals surface area contributed by atoms with Crippen molar-refractivity contribution in [2.75, 3.05) is 5.75 Å². The van der Waals surface area contributed by atoms with E-state index in [0.717, 1.165) is 38.5 Å². The molecule has 6 nitrogen and oxygen atoms in total. The number of hydrogen-bond acceptors (Lipinski definition) is 6. The highest BCUT2D eigenvalue weighted by molar-refractivity contribution is 7.92. The average molecular weight is 574 g/mol. The lowest BCUT2D eigenvalue weighted by Crippen LogP contribution is -2.62. The molecular weight excluding hydrogens is 522 g/mol. The molecule has 0 aromatic carbocycles. The van der Waals surface area contributed by atoms with Crippen LogP contribution in [0.5, 0.6) is 0 Å². The number of aliphatic hydroxyl groups excluding tert-OH is 2. The van der Waals surface area contributed by atoms with Crippen LogP contribution in [-0.4, -0.2) is 47.4 Å². The molecule has 1 aromatic heterocycles. The maximum absolute atomic E-state index is 12.6. The molecule has 4 aliphatic rings. The van der Waals surface area contributed by atoms with Gasteiger partial charge in [0.1, 0.15) is 11.5 Å². The topological polar surface area (TPSA) is 105 Å². The summed E-state index contributed by atoms with van der Waals surface area (Å²) in [4.78, 5) is 16.6. The van der Waals surface area contributed by atoms with E-state index in [2.05, 4.69) is 32.7 Å². The summed E-state index contributed by atoms with van der Waals surface area (Å²) < 4.78 is 25.2. The van der Waals surface area contributed by atoms with E-state index in [1.165, 1.54) is 50.2 Å². The maximum Gasteiger partial charge on any atom is 0.185 e. The van der Waals surface area contributed by atoms with Crippen LogP contribution >= 0.6 is 0 Å². The van der Waals surface area contributed by atoms with Gasteiger partial charge in [-0.1, -0.05) is 40.5 Å². The number of carbonyl (C=O) groups excluding carboxylic acids is 1. The summed E-state index contributed by atoms with van der Waals surface area (Å²) in [5.74, 6) is 2.48. The molecule has 4 saturated carbocycles. The van der Waals surface area contributed by atoms with Crippen LogP contribution in [0.25, 0.3) is 0 Å². The Morgan fingerprint density at radius 1 is 1.02 bits per heavy atom. The van der Waals surface area contributed by atoms with Gasteiger partial charge < -0.3 is 10.2 Å². The third-order valence-corrected chi connectivity index (χ3v) is 14.3. The number of fused-ring (bicyclic) bond motifs is 5. The minimum absolute atomic E-state index is 0.157. The molecule has 224 valence electrons. The zero-order chi connectivity index (χ0) is 28.9. The van der Waals surface area contributed by atoms with Gasteiger partial charge in [0.05, 0.1) is 17.1 Å². The number of nitrogens with zero attached hydrogens (tertiary/aromatic N) is 1. The molecule has 2 N–H and O–H groups in total. The largest absolute Gasteiger partial charge is 0.393 e. The van der Waals surface area contributed by atoms with E-state index in [0.29, 0.717) is 41.9 Å². The number of ketones is 1. The molecule has 0 amide bonds. The van der Waals surface area contributed by atoms with Crippen LogP contribution in [0.1, 0.15) is 98.3 Å². The van der Waals surface area contributed by atoms with Crippen molar-refractivity contribution in [2.24, 2.45) is 52.3 Å². The van der Waals surface area contributed by atoms with Gasteiger partial charge in [-0.2, -0.15) is 0 Å². The second-order valence-electron chi connectivity index (χ2n) is 14.5. The van der Waals surface area contributed by atoms with Crippen molar-refractivity contribution in [2.45, 2.75) is 115 Å². The molecule has 4 fully saturated rings. The SMILES string of the molecule is CC[C@H]1[C@@H](O)[C@@H]2[C@H](CC[C@]3(C)[C@@H]([C@H](C)CCCC(=O)CS(=O)(=O)c4ccncc4)CC[C@@H]23)[C@@]2(C)CC[C@@H](O)C[C@@H]12. The van der Waals surface area contributed by atoms with Crippen molar-refractivity contribution >= 4 is 15.6 Å². The molecule has 0 saturated heterocycles. The lowest BCUT2D eigenvalue weighted by molar-refractivity contribution is -0.203. The first-order valence-electron chi connectivity index (χ1n) is 15.9. The molecule has 1 heterocycles. The molecule has 0 bridgehead atoms. The zero-order valence-electron chi connectivity index (χ0n) is 25.0. The van der Waals surface area contributed by atoms with E-state index in [4.69, 9.17) is 0 Å². The van der Waals surface area contributed by atoms with Crippen molar-refractivity contribution in [3.05, 3.63) is 24.5 Å². The van der Waals surface area contributed by atoms with Crippen LogP contribution in [0, 0.1) is 52.3 Å². The molecule has 0 radical (unpaired) electrons. The Morgan fingerprint density at radius 3 is 2.40 bits per heavy atom. The van der Waals surface area contributed by atoms with Gasteiger partial charge in [0, 0.05) is 18.8 Å². The van der Waals surface area contributed by atoms with E-state index in [9.17, 15) is 23.4 Å². The van der Waals surface area contributed by atoms with Crippen molar-refractivity contribution in [3.8, 4) is 0 Å². The minimum atomic E-state index is -3.62. The van der Waals surface area contributed by atoms with E-state index in [1.807, 2.05) is 0 Å². The van der Waals surface area contributed by atoms with Crippen molar-refractivity contribution in [1.29, 1.82) is 0 Å². The molecule has 4 aliphatic carbocycles. The van der Waals surface area contributed by atoms with E-state index in [-0.39, 0.29) is 39.6 Å². The van der Waals surface area contributed by atoms with Gasteiger partial charge in [-0.25, -0.2) is 8.42 Å². The van der Waals surface area contributed by atoms with Gasteiger partial charge in [0.25, 0.3) is 0 Å². The monoisotopic (exact) mass is 573 g/mol. The summed E-state index contributed by atoms with van der Waals surface area (Å²) in [6.07, 6.45) is 12.9. The van der Waals surface area contributed by atoms with Crippen LogP contribution in [0.4, 0.5) is 0 Å². The Labute approximate surface area is 241 Å². The van der Waals surface area contributed by atoms with Gasteiger partial charge in [0.2, 0.25) is 0 Å². The van der Waals surface area contributed by atoms with Gasteiger partial charge >= 0.3 is 0 Å². The normalized spacial score (nSPS) is 42.0. The lowest BCUT2D eigenvalue weighted by Gasteiger charge is -2.64. The second kappa shape index (κ2) is 11.4. The quantitative estimate of drug-likeness (QED) is 0.384. The van der Waals surface area contributed by atoms with E-state index >= 15 is 0 Å². The molecular formula is C33H51NO5S. The second-order valence-corrected chi connectivity index (χ2v) is 16.5. The number of hydrogen-bond donors (Lipinski definition) is 2. The molecule has 0 spiro atoms. The zero-order valence-corrected chi connectivity index (χ0v) is 25.8. The summed E-state index contributed by atoms with van der Waals surface area (Å²) in [5.41, 5.74) is 0.414. The molecule has 0 aliphatic heterocycles. The molecule has 11 atom stereocenters. The third-order valence-electron chi connectivity index (χ3n) is 12.6. The average Bonchev–Trinajstić information content (AvgIpc) is 3.27.